The van der Waals surface area contributed by atoms with Crippen molar-refractivity contribution in [3.8, 4) is 0 Å². The highest BCUT2D eigenvalue weighted by Crippen LogP contribution is 2.19. The summed E-state index contributed by atoms with van der Waals surface area (Å²) in [6.45, 7) is 2.15. The Morgan fingerprint density at radius 1 is 1.43 bits per heavy atom. The van der Waals surface area contributed by atoms with Gasteiger partial charge in [-0.15, -0.1) is 0 Å². The number of hydrogen-bond donors (Lipinski definition) is 1. The summed E-state index contributed by atoms with van der Waals surface area (Å²) in [6, 6.07) is 7.44. The fraction of sp³-hybridized carbons (Fsp3) is 0.562. The molecule has 1 unspecified atom stereocenters. The van der Waals surface area contributed by atoms with Crippen LogP contribution in [0.5, 0.6) is 0 Å². The normalized spacial score (nSPS) is 18.9. The lowest BCUT2D eigenvalue weighted by atomic mass is 9.97. The number of hydrogen-bond acceptors (Lipinski definition) is 4. The molecule has 1 atom stereocenters. The molecule has 1 aliphatic rings. The number of carbonyl (C=O) groups is 1. The third-order valence-electron chi connectivity index (χ3n) is 3.93. The van der Waals surface area contributed by atoms with E-state index in [0.717, 1.165) is 24.7 Å². The van der Waals surface area contributed by atoms with Crippen LogP contribution in [-0.4, -0.2) is 52.2 Å². The van der Waals surface area contributed by atoms with Crippen molar-refractivity contribution in [1.82, 2.24) is 9.62 Å². The maximum Gasteiger partial charge on any atom is 0.253 e. The highest BCUT2D eigenvalue weighted by atomic mass is 32.2. The van der Waals surface area contributed by atoms with E-state index in [1.165, 1.54) is 0 Å². The third kappa shape index (κ3) is 5.60. The molecule has 1 fully saturated rings. The van der Waals surface area contributed by atoms with Gasteiger partial charge >= 0.3 is 0 Å². The smallest absolute Gasteiger partial charge is 0.253 e. The fourth-order valence-corrected chi connectivity index (χ4v) is 3.37. The van der Waals surface area contributed by atoms with Crippen molar-refractivity contribution in [3.63, 3.8) is 0 Å². The Bertz CT molecular complexity index is 645. The van der Waals surface area contributed by atoms with Crippen LogP contribution in [-0.2, 0) is 21.4 Å². The molecule has 128 valence electrons. The van der Waals surface area contributed by atoms with Crippen molar-refractivity contribution in [1.29, 1.82) is 0 Å². The number of likely N-dealkylation sites (tertiary alicyclic amines) is 1. The van der Waals surface area contributed by atoms with Gasteiger partial charge in [-0.25, -0.2) is 13.1 Å². The summed E-state index contributed by atoms with van der Waals surface area (Å²) in [4.78, 5) is 14.5. The number of sulfonamides is 1. The first-order valence-electron chi connectivity index (χ1n) is 7.71. The van der Waals surface area contributed by atoms with E-state index in [2.05, 4.69) is 4.72 Å². The van der Waals surface area contributed by atoms with Crippen molar-refractivity contribution < 1.29 is 17.9 Å². The third-order valence-corrected chi connectivity index (χ3v) is 4.62. The first-order valence-corrected chi connectivity index (χ1v) is 9.60. The van der Waals surface area contributed by atoms with Gasteiger partial charge in [0.2, 0.25) is 10.0 Å². The highest BCUT2D eigenvalue weighted by Gasteiger charge is 2.25. The Morgan fingerprint density at radius 2 is 2.22 bits per heavy atom. The number of amides is 1. The zero-order chi connectivity index (χ0) is 16.9. The summed E-state index contributed by atoms with van der Waals surface area (Å²) < 4.78 is 30.0. The number of ether oxygens (including phenoxy) is 1. The molecule has 1 heterocycles. The van der Waals surface area contributed by atoms with Crippen LogP contribution < -0.4 is 4.72 Å². The van der Waals surface area contributed by atoms with Crippen LogP contribution in [0.15, 0.2) is 24.3 Å². The summed E-state index contributed by atoms with van der Waals surface area (Å²) in [6.07, 6.45) is 2.97. The topological polar surface area (TPSA) is 75.7 Å². The monoisotopic (exact) mass is 340 g/mol. The average Bonchev–Trinajstić information content (AvgIpc) is 2.52. The second-order valence-corrected chi connectivity index (χ2v) is 7.85. The summed E-state index contributed by atoms with van der Waals surface area (Å²) in [5.74, 6) is 0.150. The molecule has 23 heavy (non-hydrogen) atoms. The summed E-state index contributed by atoms with van der Waals surface area (Å²) in [5.41, 5.74) is 1.61. The molecular formula is C16H24N2O4S. The fourth-order valence-electron chi connectivity index (χ4n) is 2.83. The van der Waals surface area contributed by atoms with Gasteiger partial charge in [0.05, 0.1) is 12.9 Å². The van der Waals surface area contributed by atoms with E-state index in [-0.39, 0.29) is 11.8 Å². The Hall–Kier alpha value is -1.44. The van der Waals surface area contributed by atoms with E-state index >= 15 is 0 Å². The van der Waals surface area contributed by atoms with E-state index in [4.69, 9.17) is 4.74 Å². The lowest BCUT2D eigenvalue weighted by molar-refractivity contribution is 0.0676. The minimum absolute atomic E-state index is 0.00740. The highest BCUT2D eigenvalue weighted by molar-refractivity contribution is 7.88. The molecular weight excluding hydrogens is 316 g/mol. The predicted octanol–water partition coefficient (Wildman–Crippen LogP) is 1.23. The number of carbonyl (C=O) groups excluding carboxylic acids is 1. The van der Waals surface area contributed by atoms with Gasteiger partial charge < -0.3 is 9.64 Å². The van der Waals surface area contributed by atoms with Crippen LogP contribution in [0.4, 0.5) is 0 Å². The predicted molar refractivity (Wildman–Crippen MR) is 88.6 cm³/mol. The molecule has 0 aromatic heterocycles. The van der Waals surface area contributed by atoms with Gasteiger partial charge in [-0.2, -0.15) is 0 Å². The van der Waals surface area contributed by atoms with Crippen molar-refractivity contribution in [2.24, 2.45) is 5.92 Å². The van der Waals surface area contributed by atoms with Gasteiger partial charge in [0.15, 0.2) is 0 Å². The minimum atomic E-state index is -3.19. The van der Waals surface area contributed by atoms with Crippen LogP contribution in [0.25, 0.3) is 0 Å². The molecule has 0 radical (unpaired) electrons. The first-order chi connectivity index (χ1) is 10.9. The van der Waals surface area contributed by atoms with Crippen LogP contribution in [0.2, 0.25) is 0 Å². The maximum absolute atomic E-state index is 12.6. The molecule has 0 bridgehead atoms. The number of nitrogens with zero attached hydrogens (tertiary/aromatic N) is 1. The molecule has 7 heteroatoms. The summed E-state index contributed by atoms with van der Waals surface area (Å²) >= 11 is 0. The largest absolute Gasteiger partial charge is 0.380 e. The van der Waals surface area contributed by atoms with Crippen molar-refractivity contribution in [2.45, 2.75) is 19.4 Å². The van der Waals surface area contributed by atoms with E-state index in [0.29, 0.717) is 31.8 Å². The van der Waals surface area contributed by atoms with Gasteiger partial charge in [-0.05, 0) is 36.5 Å². The van der Waals surface area contributed by atoms with Crippen molar-refractivity contribution >= 4 is 15.9 Å². The zero-order valence-corrected chi connectivity index (χ0v) is 14.4. The Kier molecular flexibility index (Phi) is 6.15. The number of methoxy groups -OCH3 is 1. The first kappa shape index (κ1) is 17.9. The van der Waals surface area contributed by atoms with Crippen LogP contribution in [0.3, 0.4) is 0 Å². The lowest BCUT2D eigenvalue weighted by Crippen LogP contribution is -2.43. The number of rotatable bonds is 6. The zero-order valence-electron chi connectivity index (χ0n) is 13.6. The van der Waals surface area contributed by atoms with Gasteiger partial charge in [0.25, 0.3) is 5.91 Å². The Morgan fingerprint density at radius 3 is 2.91 bits per heavy atom. The number of nitrogens with one attached hydrogen (secondary N) is 1. The van der Waals surface area contributed by atoms with Crippen LogP contribution in [0, 0.1) is 5.92 Å². The molecule has 1 aromatic carbocycles. The molecule has 0 saturated carbocycles. The molecule has 1 N–H and O–H groups in total. The lowest BCUT2D eigenvalue weighted by Gasteiger charge is -2.33. The quantitative estimate of drug-likeness (QED) is 0.845. The van der Waals surface area contributed by atoms with E-state index in [9.17, 15) is 13.2 Å². The van der Waals surface area contributed by atoms with Crippen LogP contribution in [0.1, 0.15) is 28.8 Å². The summed E-state index contributed by atoms with van der Waals surface area (Å²) in [7, 11) is -1.57. The van der Waals surface area contributed by atoms with Crippen molar-refractivity contribution in [3.05, 3.63) is 35.4 Å². The van der Waals surface area contributed by atoms with Crippen molar-refractivity contribution in [2.75, 3.05) is 33.0 Å². The molecule has 1 saturated heterocycles. The van der Waals surface area contributed by atoms with Crippen LogP contribution >= 0.6 is 0 Å². The maximum atomic E-state index is 12.6. The SMILES string of the molecule is COCc1cccc(C(=O)N2CCCC(CNS(C)(=O)=O)C2)c1. The molecule has 1 amide bonds. The Labute approximate surface area is 137 Å². The van der Waals surface area contributed by atoms with Gasteiger partial charge in [-0.3, -0.25) is 4.79 Å². The second-order valence-electron chi connectivity index (χ2n) is 6.01. The molecule has 1 aliphatic heterocycles. The van der Waals surface area contributed by atoms with E-state index in [1.54, 1.807) is 13.2 Å². The van der Waals surface area contributed by atoms with Gasteiger partial charge in [0.1, 0.15) is 0 Å². The number of piperidine rings is 1. The molecule has 1 aromatic rings. The van der Waals surface area contributed by atoms with Gasteiger partial charge in [-0.1, -0.05) is 12.1 Å². The summed E-state index contributed by atoms with van der Waals surface area (Å²) in [5, 5.41) is 0. The number of benzene rings is 1. The minimum Gasteiger partial charge on any atom is -0.380 e. The van der Waals surface area contributed by atoms with E-state index in [1.807, 2.05) is 23.1 Å². The molecule has 6 nitrogen and oxygen atoms in total. The van der Waals surface area contributed by atoms with E-state index < -0.39 is 10.0 Å². The molecule has 0 aliphatic carbocycles. The molecule has 0 spiro atoms. The second kappa shape index (κ2) is 7.90. The average molecular weight is 340 g/mol. The Balaban J connectivity index is 2.00. The van der Waals surface area contributed by atoms with Gasteiger partial charge in [0, 0.05) is 32.3 Å². The molecule has 2 rings (SSSR count). The standard InChI is InChI=1S/C16H24N2O4S/c1-22-12-13-5-3-7-15(9-13)16(19)18-8-4-6-14(11-18)10-17-23(2,20)21/h3,5,7,9,14,17H,4,6,8,10-12H2,1-2H3.